The van der Waals surface area contributed by atoms with E-state index in [0.29, 0.717) is 40.9 Å². The van der Waals surface area contributed by atoms with Gasteiger partial charge in [-0.05, 0) is 98.9 Å². The molecule has 0 radical (unpaired) electrons. The van der Waals surface area contributed by atoms with E-state index in [4.69, 9.17) is 9.47 Å². The minimum absolute atomic E-state index is 0.0991. The Morgan fingerprint density at radius 2 is 1.93 bits per heavy atom. The lowest BCUT2D eigenvalue weighted by Gasteiger charge is -2.60. The molecular weight excluding hydrogens is 364 g/mol. The lowest BCUT2D eigenvalue weighted by Crippen LogP contribution is -2.56. The van der Waals surface area contributed by atoms with E-state index in [0.717, 1.165) is 36.7 Å². The molecule has 0 amide bonds. The number of carbonyl (C=O) groups is 1. The molecule has 0 saturated heterocycles. The smallest absolute Gasteiger partial charge is 0.333 e. The molecule has 5 aliphatic carbocycles. The Morgan fingerprint density at radius 3 is 2.59 bits per heavy atom. The molecule has 4 nitrogen and oxygen atoms in total. The molecule has 5 rings (SSSR count). The highest BCUT2D eigenvalue weighted by Gasteiger charge is 2.77. The second-order valence-corrected chi connectivity index (χ2v) is 11.2. The van der Waals surface area contributed by atoms with E-state index in [9.17, 15) is 9.90 Å². The van der Waals surface area contributed by atoms with E-state index in [-0.39, 0.29) is 11.4 Å². The number of fused-ring (bicyclic) bond motifs is 4. The SMILES string of the molecule is CCOC(=O)/C(C)=C1/[C@H](O)C[C@H]2[C@@H]3C[C@@H](OC)[C@]45C[C@H]4CC[C@]5(C)[C@H]3CC[C@]12C. The summed E-state index contributed by atoms with van der Waals surface area (Å²) < 4.78 is 11.5. The van der Waals surface area contributed by atoms with E-state index in [1.165, 1.54) is 25.7 Å². The molecule has 9 atom stereocenters. The molecule has 0 heterocycles. The third kappa shape index (κ3) is 2.31. The van der Waals surface area contributed by atoms with Gasteiger partial charge in [-0.15, -0.1) is 0 Å². The minimum Gasteiger partial charge on any atom is -0.463 e. The Labute approximate surface area is 175 Å². The first-order chi connectivity index (χ1) is 13.7. The summed E-state index contributed by atoms with van der Waals surface area (Å²) in [6.07, 6.45) is 8.13. The van der Waals surface area contributed by atoms with Gasteiger partial charge in [0.2, 0.25) is 0 Å². The molecule has 29 heavy (non-hydrogen) atoms. The number of rotatable bonds is 3. The first-order valence-electron chi connectivity index (χ1n) is 11.8. The number of hydrogen-bond donors (Lipinski definition) is 1. The second-order valence-electron chi connectivity index (χ2n) is 11.2. The Morgan fingerprint density at radius 1 is 1.17 bits per heavy atom. The molecule has 1 spiro atoms. The predicted molar refractivity (Wildman–Crippen MR) is 111 cm³/mol. The van der Waals surface area contributed by atoms with Crippen molar-refractivity contribution in [2.24, 2.45) is 39.9 Å². The summed E-state index contributed by atoms with van der Waals surface area (Å²) in [6, 6.07) is 0. The first kappa shape index (κ1) is 20.1. The highest BCUT2D eigenvalue weighted by atomic mass is 16.5. The molecule has 5 fully saturated rings. The van der Waals surface area contributed by atoms with Crippen LogP contribution in [0.1, 0.15) is 72.6 Å². The van der Waals surface area contributed by atoms with Crippen LogP contribution in [0.3, 0.4) is 0 Å². The summed E-state index contributed by atoms with van der Waals surface area (Å²) in [5, 5.41) is 11.1. The van der Waals surface area contributed by atoms with Gasteiger partial charge in [-0.2, -0.15) is 0 Å². The number of aliphatic hydroxyl groups is 1. The van der Waals surface area contributed by atoms with Crippen molar-refractivity contribution in [1.82, 2.24) is 0 Å². The van der Waals surface area contributed by atoms with Gasteiger partial charge in [0, 0.05) is 18.1 Å². The van der Waals surface area contributed by atoms with Crippen molar-refractivity contribution >= 4 is 5.97 Å². The summed E-state index contributed by atoms with van der Waals surface area (Å²) in [7, 11) is 1.91. The van der Waals surface area contributed by atoms with Crippen LogP contribution in [0.25, 0.3) is 0 Å². The summed E-state index contributed by atoms with van der Waals surface area (Å²) in [5.74, 6) is 2.36. The van der Waals surface area contributed by atoms with Crippen LogP contribution in [0.2, 0.25) is 0 Å². The quantitative estimate of drug-likeness (QED) is 0.558. The average Bonchev–Trinajstić information content (AvgIpc) is 3.24. The van der Waals surface area contributed by atoms with Gasteiger partial charge in [0.25, 0.3) is 0 Å². The normalized spacial score (nSPS) is 54.1. The predicted octanol–water partition coefficient (Wildman–Crippen LogP) is 4.50. The van der Waals surface area contributed by atoms with Crippen LogP contribution in [0.5, 0.6) is 0 Å². The lowest BCUT2D eigenvalue weighted by atomic mass is 9.46. The topological polar surface area (TPSA) is 55.8 Å². The zero-order chi connectivity index (χ0) is 20.8. The van der Waals surface area contributed by atoms with Crippen LogP contribution in [0, 0.1) is 39.9 Å². The minimum atomic E-state index is -0.518. The van der Waals surface area contributed by atoms with E-state index >= 15 is 0 Å². The van der Waals surface area contributed by atoms with E-state index in [1.807, 2.05) is 21.0 Å². The van der Waals surface area contributed by atoms with Gasteiger partial charge in [0.15, 0.2) is 0 Å². The van der Waals surface area contributed by atoms with Crippen molar-refractivity contribution in [3.63, 3.8) is 0 Å². The van der Waals surface area contributed by atoms with Crippen LogP contribution in [-0.2, 0) is 14.3 Å². The summed E-state index contributed by atoms with van der Waals surface area (Å²) in [6.45, 7) is 8.95. The van der Waals surface area contributed by atoms with Gasteiger partial charge >= 0.3 is 5.97 Å². The number of carbonyl (C=O) groups excluding carboxylic acids is 1. The van der Waals surface area contributed by atoms with E-state index in [1.54, 1.807) is 0 Å². The summed E-state index contributed by atoms with van der Waals surface area (Å²) in [4.78, 5) is 12.5. The molecule has 4 heteroatoms. The Kier molecular flexibility index (Phi) is 4.37. The third-order valence-corrected chi connectivity index (χ3v) is 10.6. The number of hydrogen-bond acceptors (Lipinski definition) is 4. The maximum atomic E-state index is 12.5. The molecule has 162 valence electrons. The van der Waals surface area contributed by atoms with Crippen LogP contribution in [0.15, 0.2) is 11.1 Å². The summed E-state index contributed by atoms with van der Waals surface area (Å²) >= 11 is 0. The highest BCUT2D eigenvalue weighted by Crippen LogP contribution is 2.82. The van der Waals surface area contributed by atoms with Crippen molar-refractivity contribution in [1.29, 1.82) is 0 Å². The van der Waals surface area contributed by atoms with E-state index in [2.05, 4.69) is 13.8 Å². The Bertz CT molecular complexity index is 758. The van der Waals surface area contributed by atoms with Crippen LogP contribution in [-0.4, -0.2) is 37.0 Å². The maximum Gasteiger partial charge on any atom is 0.333 e. The van der Waals surface area contributed by atoms with Crippen molar-refractivity contribution in [3.05, 3.63) is 11.1 Å². The fourth-order valence-electron chi connectivity index (χ4n) is 9.43. The van der Waals surface area contributed by atoms with Crippen molar-refractivity contribution in [2.45, 2.75) is 84.8 Å². The molecule has 0 aromatic carbocycles. The maximum absolute atomic E-state index is 12.5. The average molecular weight is 403 g/mol. The Hall–Kier alpha value is -0.870. The van der Waals surface area contributed by atoms with Gasteiger partial charge in [-0.1, -0.05) is 13.8 Å². The molecular formula is C25H38O4. The molecule has 0 aromatic heterocycles. The van der Waals surface area contributed by atoms with Gasteiger partial charge < -0.3 is 14.6 Å². The highest BCUT2D eigenvalue weighted by molar-refractivity contribution is 5.89. The van der Waals surface area contributed by atoms with Gasteiger partial charge in [0.05, 0.1) is 18.8 Å². The molecule has 0 unspecified atom stereocenters. The molecule has 0 bridgehead atoms. The van der Waals surface area contributed by atoms with Crippen molar-refractivity contribution in [2.75, 3.05) is 13.7 Å². The molecule has 0 aliphatic heterocycles. The monoisotopic (exact) mass is 402 g/mol. The first-order valence-corrected chi connectivity index (χ1v) is 11.8. The van der Waals surface area contributed by atoms with Crippen LogP contribution < -0.4 is 0 Å². The fourth-order valence-corrected chi connectivity index (χ4v) is 9.43. The van der Waals surface area contributed by atoms with Crippen molar-refractivity contribution < 1.29 is 19.4 Å². The van der Waals surface area contributed by atoms with Crippen LogP contribution >= 0.6 is 0 Å². The van der Waals surface area contributed by atoms with Gasteiger partial charge in [-0.25, -0.2) is 4.79 Å². The lowest BCUT2D eigenvalue weighted by molar-refractivity contribution is -0.152. The standard InChI is InChI=1S/C25H38O4/c1-6-29-22(27)14(2)21-19(26)12-18-16-11-20(28-5)25-13-15(25)7-10-24(25,4)17(16)8-9-23(18,21)3/h15-20,26H,6-13H2,1-5H3/b21-14-/t15-,16-,17+,18+,19-,20-,23+,24-,25+/m1/s1. The van der Waals surface area contributed by atoms with E-state index < -0.39 is 6.10 Å². The third-order valence-electron chi connectivity index (χ3n) is 10.6. The number of ether oxygens (including phenoxy) is 2. The zero-order valence-corrected chi connectivity index (χ0v) is 18.8. The fraction of sp³-hybridized carbons (Fsp3) is 0.880. The number of aliphatic hydroxyl groups excluding tert-OH is 1. The zero-order valence-electron chi connectivity index (χ0n) is 18.8. The molecule has 1 N–H and O–H groups in total. The van der Waals surface area contributed by atoms with Gasteiger partial charge in [0.1, 0.15) is 0 Å². The van der Waals surface area contributed by atoms with Gasteiger partial charge in [-0.3, -0.25) is 0 Å². The van der Waals surface area contributed by atoms with Crippen molar-refractivity contribution in [3.8, 4) is 0 Å². The molecule has 0 aromatic rings. The Balaban J connectivity index is 1.52. The number of esters is 1. The second kappa shape index (κ2) is 6.32. The summed E-state index contributed by atoms with van der Waals surface area (Å²) in [5.41, 5.74) is 2.32. The molecule has 5 aliphatic rings. The van der Waals surface area contributed by atoms with Crippen LogP contribution in [0.4, 0.5) is 0 Å². The number of methoxy groups -OCH3 is 1. The molecule has 5 saturated carbocycles. The largest absolute Gasteiger partial charge is 0.463 e.